The van der Waals surface area contributed by atoms with E-state index in [0.29, 0.717) is 24.8 Å². The number of likely N-dealkylation sites (tertiary alicyclic amines) is 1. The summed E-state index contributed by atoms with van der Waals surface area (Å²) in [6.07, 6.45) is 5.90. The summed E-state index contributed by atoms with van der Waals surface area (Å²) < 4.78 is 1.90. The van der Waals surface area contributed by atoms with Crippen LogP contribution in [0.2, 0.25) is 0 Å². The van der Waals surface area contributed by atoms with Crippen molar-refractivity contribution in [2.75, 3.05) is 26.2 Å². The van der Waals surface area contributed by atoms with E-state index < -0.39 is 0 Å². The number of hydrogen-bond donors (Lipinski definition) is 2. The van der Waals surface area contributed by atoms with Crippen LogP contribution in [0.15, 0.2) is 18.2 Å². The van der Waals surface area contributed by atoms with Crippen molar-refractivity contribution in [1.29, 1.82) is 0 Å². The van der Waals surface area contributed by atoms with E-state index in [2.05, 4.69) is 40.7 Å². The fourth-order valence-corrected chi connectivity index (χ4v) is 5.96. The Kier molecular flexibility index (Phi) is 6.03. The van der Waals surface area contributed by atoms with Crippen LogP contribution in [-0.4, -0.2) is 58.7 Å². The number of amides is 2. The van der Waals surface area contributed by atoms with Crippen molar-refractivity contribution in [2.24, 2.45) is 13.0 Å². The number of aromatic nitrogens is 2. The Balaban J connectivity index is 1.31. The summed E-state index contributed by atoms with van der Waals surface area (Å²) >= 11 is 0. The molecule has 3 fully saturated rings. The number of benzene rings is 1. The van der Waals surface area contributed by atoms with Crippen LogP contribution in [0.25, 0.3) is 10.9 Å². The van der Waals surface area contributed by atoms with Crippen LogP contribution in [0.4, 0.5) is 0 Å². The zero-order chi connectivity index (χ0) is 22.2. The quantitative estimate of drug-likeness (QED) is 0.719. The summed E-state index contributed by atoms with van der Waals surface area (Å²) in [6.45, 7) is 7.13. The van der Waals surface area contributed by atoms with E-state index in [0.717, 1.165) is 22.5 Å². The highest BCUT2D eigenvalue weighted by Crippen LogP contribution is 2.36. The van der Waals surface area contributed by atoms with E-state index in [1.54, 1.807) is 0 Å². The molecule has 32 heavy (non-hydrogen) atoms. The third-order valence-corrected chi connectivity index (χ3v) is 7.91. The van der Waals surface area contributed by atoms with Crippen molar-refractivity contribution < 1.29 is 9.59 Å². The maximum absolute atomic E-state index is 12.4. The second kappa shape index (κ2) is 8.94. The van der Waals surface area contributed by atoms with Crippen LogP contribution in [0.5, 0.6) is 0 Å². The van der Waals surface area contributed by atoms with Gasteiger partial charge >= 0.3 is 0 Å². The number of nitrogens with one attached hydrogen (secondary N) is 2. The standard InChI is InChI=1S/C25H35N5O2/c1-16-13-19(9-12-30(16)15-17-7-10-26-11-8-17)18-3-4-20-22(14-18)29(2)28-24(20)21-5-6-23(31)27-25(21)32/h3-4,14,16-17,19,21,26H,5-13,15H2,1-2H3,(H,27,31,32)/t16-,19+,21?/m1/s1. The molecular weight excluding hydrogens is 402 g/mol. The Morgan fingerprint density at radius 3 is 2.69 bits per heavy atom. The number of carbonyl (C=O) groups excluding carboxylic acids is 2. The third kappa shape index (κ3) is 4.20. The molecular formula is C25H35N5O2. The Morgan fingerprint density at radius 2 is 1.94 bits per heavy atom. The molecule has 5 rings (SSSR count). The first-order valence-corrected chi connectivity index (χ1v) is 12.2. The highest BCUT2D eigenvalue weighted by molar-refractivity contribution is 6.02. The fourth-order valence-electron chi connectivity index (χ4n) is 5.96. The molecule has 0 spiro atoms. The second-order valence-electron chi connectivity index (χ2n) is 10.0. The minimum Gasteiger partial charge on any atom is -0.317 e. The van der Waals surface area contributed by atoms with Crippen molar-refractivity contribution in [1.82, 2.24) is 25.3 Å². The average molecular weight is 438 g/mol. The Morgan fingerprint density at radius 1 is 1.12 bits per heavy atom. The van der Waals surface area contributed by atoms with Crippen LogP contribution < -0.4 is 10.6 Å². The van der Waals surface area contributed by atoms with Gasteiger partial charge in [-0.05, 0) is 82.1 Å². The number of fused-ring (bicyclic) bond motifs is 1. The van der Waals surface area contributed by atoms with E-state index in [9.17, 15) is 9.59 Å². The molecule has 3 aliphatic rings. The molecule has 3 atom stereocenters. The molecule has 3 saturated heterocycles. The predicted molar refractivity (Wildman–Crippen MR) is 124 cm³/mol. The van der Waals surface area contributed by atoms with Crippen LogP contribution in [0.1, 0.15) is 68.5 Å². The molecule has 0 saturated carbocycles. The van der Waals surface area contributed by atoms with Crippen molar-refractivity contribution in [3.63, 3.8) is 0 Å². The fraction of sp³-hybridized carbons (Fsp3) is 0.640. The van der Waals surface area contributed by atoms with E-state index in [4.69, 9.17) is 5.10 Å². The molecule has 2 amide bonds. The van der Waals surface area contributed by atoms with Gasteiger partial charge in [0.2, 0.25) is 11.8 Å². The monoisotopic (exact) mass is 437 g/mol. The zero-order valence-electron chi connectivity index (χ0n) is 19.3. The summed E-state index contributed by atoms with van der Waals surface area (Å²) in [5.74, 6) is 0.648. The molecule has 7 heteroatoms. The van der Waals surface area contributed by atoms with E-state index >= 15 is 0 Å². The molecule has 1 unspecified atom stereocenters. The topological polar surface area (TPSA) is 79.3 Å². The lowest BCUT2D eigenvalue weighted by Gasteiger charge is -2.40. The molecule has 3 aliphatic heterocycles. The maximum Gasteiger partial charge on any atom is 0.235 e. The number of nitrogens with zero attached hydrogens (tertiary/aromatic N) is 3. The Hall–Kier alpha value is -2.25. The first kappa shape index (κ1) is 21.6. The van der Waals surface area contributed by atoms with Crippen LogP contribution >= 0.6 is 0 Å². The molecule has 172 valence electrons. The smallest absolute Gasteiger partial charge is 0.235 e. The molecule has 7 nitrogen and oxygen atoms in total. The summed E-state index contributed by atoms with van der Waals surface area (Å²) in [4.78, 5) is 26.6. The molecule has 0 radical (unpaired) electrons. The van der Waals surface area contributed by atoms with Crippen LogP contribution in [0.3, 0.4) is 0 Å². The first-order chi connectivity index (χ1) is 15.5. The van der Waals surface area contributed by atoms with Gasteiger partial charge in [-0.25, -0.2) is 0 Å². The van der Waals surface area contributed by atoms with Gasteiger partial charge in [0.05, 0.1) is 17.1 Å². The molecule has 0 bridgehead atoms. The van der Waals surface area contributed by atoms with Gasteiger partial charge in [0.1, 0.15) is 0 Å². The number of piperidine rings is 3. The van der Waals surface area contributed by atoms with Crippen LogP contribution in [0, 0.1) is 5.92 Å². The predicted octanol–water partition coefficient (Wildman–Crippen LogP) is 2.66. The number of carbonyl (C=O) groups is 2. The number of hydrogen-bond acceptors (Lipinski definition) is 5. The molecule has 1 aromatic heterocycles. The van der Waals surface area contributed by atoms with E-state index in [1.807, 2.05) is 11.7 Å². The van der Waals surface area contributed by atoms with Gasteiger partial charge in [-0.3, -0.25) is 19.6 Å². The van der Waals surface area contributed by atoms with Crippen molar-refractivity contribution in [3.8, 4) is 0 Å². The van der Waals surface area contributed by atoms with Gasteiger partial charge in [0.15, 0.2) is 0 Å². The largest absolute Gasteiger partial charge is 0.317 e. The number of imide groups is 1. The van der Waals surface area contributed by atoms with E-state index in [1.165, 1.54) is 57.4 Å². The lowest BCUT2D eigenvalue weighted by molar-refractivity contribution is -0.134. The average Bonchev–Trinajstić information content (AvgIpc) is 3.11. The highest BCUT2D eigenvalue weighted by Gasteiger charge is 2.32. The van der Waals surface area contributed by atoms with Crippen molar-refractivity contribution >= 4 is 22.7 Å². The van der Waals surface area contributed by atoms with Crippen molar-refractivity contribution in [2.45, 2.75) is 63.3 Å². The summed E-state index contributed by atoms with van der Waals surface area (Å²) in [5, 5.41) is 11.7. The zero-order valence-corrected chi connectivity index (χ0v) is 19.3. The normalized spacial score (nSPS) is 28.2. The molecule has 2 N–H and O–H groups in total. The summed E-state index contributed by atoms with van der Waals surface area (Å²) in [5.41, 5.74) is 3.25. The van der Waals surface area contributed by atoms with Gasteiger partial charge in [-0.15, -0.1) is 0 Å². The molecule has 1 aromatic carbocycles. The highest BCUT2D eigenvalue weighted by atomic mass is 16.2. The van der Waals surface area contributed by atoms with Gasteiger partial charge < -0.3 is 10.2 Å². The Bertz CT molecular complexity index is 1010. The first-order valence-electron chi connectivity index (χ1n) is 12.2. The van der Waals surface area contributed by atoms with E-state index in [-0.39, 0.29) is 17.7 Å². The minimum atomic E-state index is -0.347. The summed E-state index contributed by atoms with van der Waals surface area (Å²) in [7, 11) is 1.95. The minimum absolute atomic E-state index is 0.186. The lowest BCUT2D eigenvalue weighted by atomic mass is 9.84. The molecule has 0 aliphatic carbocycles. The van der Waals surface area contributed by atoms with Gasteiger partial charge in [0.25, 0.3) is 0 Å². The summed E-state index contributed by atoms with van der Waals surface area (Å²) in [6, 6.07) is 7.25. The second-order valence-corrected chi connectivity index (χ2v) is 10.0. The van der Waals surface area contributed by atoms with Gasteiger partial charge in [0, 0.05) is 31.4 Å². The number of rotatable bonds is 4. The third-order valence-electron chi connectivity index (χ3n) is 7.91. The Labute approximate surface area is 189 Å². The number of aryl methyl sites for hydroxylation is 1. The van der Waals surface area contributed by atoms with Crippen LogP contribution in [-0.2, 0) is 16.6 Å². The van der Waals surface area contributed by atoms with Gasteiger partial charge in [-0.1, -0.05) is 12.1 Å². The SMILES string of the molecule is C[C@@H]1C[C@@H](c2ccc3c(C4CCC(=O)NC4=O)nn(C)c3c2)CCN1CC1CCNCC1. The molecule has 4 heterocycles. The maximum atomic E-state index is 12.4. The van der Waals surface area contributed by atoms with Crippen molar-refractivity contribution in [3.05, 3.63) is 29.5 Å². The molecule has 2 aromatic rings. The lowest BCUT2D eigenvalue weighted by Crippen LogP contribution is -2.44. The van der Waals surface area contributed by atoms with Gasteiger partial charge in [-0.2, -0.15) is 5.10 Å².